The van der Waals surface area contributed by atoms with E-state index in [9.17, 15) is 9.59 Å². The Morgan fingerprint density at radius 3 is 3.00 bits per heavy atom. The van der Waals surface area contributed by atoms with Crippen LogP contribution >= 0.6 is 11.3 Å². The van der Waals surface area contributed by atoms with Gasteiger partial charge in [0.25, 0.3) is 0 Å². The Kier molecular flexibility index (Phi) is 6.40. The number of nitrogens with zero attached hydrogens (tertiary/aromatic N) is 4. The van der Waals surface area contributed by atoms with Crippen LogP contribution in [-0.4, -0.2) is 51.4 Å². The van der Waals surface area contributed by atoms with Gasteiger partial charge in [0.2, 0.25) is 11.0 Å². The number of aromatic nitrogens is 3. The average molecular weight is 373 g/mol. The quantitative estimate of drug-likeness (QED) is 0.750. The number of aryl methyl sites for hydroxylation is 1. The van der Waals surface area contributed by atoms with Crippen LogP contribution < -0.4 is 5.32 Å². The van der Waals surface area contributed by atoms with Crippen LogP contribution in [0.25, 0.3) is 0 Å². The van der Waals surface area contributed by atoms with Gasteiger partial charge in [0.15, 0.2) is 5.78 Å². The van der Waals surface area contributed by atoms with Gasteiger partial charge in [-0.05, 0) is 37.9 Å². The molecule has 0 aromatic carbocycles. The molecule has 8 heteroatoms. The fourth-order valence-corrected chi connectivity index (χ4v) is 3.97. The van der Waals surface area contributed by atoms with Crippen LogP contribution in [-0.2, 0) is 11.2 Å². The first-order valence-corrected chi connectivity index (χ1v) is 9.77. The first kappa shape index (κ1) is 18.6. The van der Waals surface area contributed by atoms with Gasteiger partial charge in [-0.2, -0.15) is 0 Å². The number of ketones is 1. The lowest BCUT2D eigenvalue weighted by Gasteiger charge is -2.31. The van der Waals surface area contributed by atoms with Gasteiger partial charge >= 0.3 is 0 Å². The Balaban J connectivity index is 1.52. The number of hydrogen-bond acceptors (Lipinski definition) is 7. The Hall–Kier alpha value is -2.19. The molecule has 1 atom stereocenters. The fraction of sp³-hybridized carbons (Fsp3) is 0.500. The van der Waals surface area contributed by atoms with E-state index in [2.05, 4.69) is 27.4 Å². The number of rotatable bonds is 7. The van der Waals surface area contributed by atoms with Gasteiger partial charge < -0.3 is 0 Å². The highest BCUT2D eigenvalue weighted by Crippen LogP contribution is 2.21. The Labute approximate surface area is 156 Å². The summed E-state index contributed by atoms with van der Waals surface area (Å²) in [7, 11) is 0. The van der Waals surface area contributed by atoms with Gasteiger partial charge in [-0.25, -0.2) is 0 Å². The van der Waals surface area contributed by atoms with Crippen molar-refractivity contribution in [1.82, 2.24) is 20.1 Å². The first-order chi connectivity index (χ1) is 12.7. The number of amides is 1. The fourth-order valence-electron chi connectivity index (χ4n) is 3.11. The van der Waals surface area contributed by atoms with Crippen LogP contribution in [0.3, 0.4) is 0 Å². The lowest BCUT2D eigenvalue weighted by Crippen LogP contribution is -2.42. The summed E-state index contributed by atoms with van der Waals surface area (Å²) in [5.74, 6) is -0.164. The molecule has 0 unspecified atom stereocenters. The number of carbonyl (C=O) groups is 2. The number of hydrogen-bond donors (Lipinski definition) is 1. The van der Waals surface area contributed by atoms with Crippen LogP contribution in [0, 0.1) is 5.92 Å². The van der Waals surface area contributed by atoms with Gasteiger partial charge in [-0.15, -0.1) is 10.2 Å². The van der Waals surface area contributed by atoms with Gasteiger partial charge in [-0.1, -0.05) is 24.3 Å². The van der Waals surface area contributed by atoms with Crippen LogP contribution in [0.4, 0.5) is 5.13 Å². The number of Topliss-reactive ketones (excluding diaryl/α,β-unsaturated/α-hetero) is 1. The molecule has 1 fully saturated rings. The number of carbonyl (C=O) groups excluding carboxylic acids is 2. The zero-order valence-corrected chi connectivity index (χ0v) is 15.7. The summed E-state index contributed by atoms with van der Waals surface area (Å²) < 4.78 is 0. The highest BCUT2D eigenvalue weighted by atomic mass is 32.1. The zero-order valence-electron chi connectivity index (χ0n) is 14.9. The third-order valence-corrected chi connectivity index (χ3v) is 5.24. The minimum absolute atomic E-state index is 0.0593. The van der Waals surface area contributed by atoms with E-state index in [0.717, 1.165) is 37.2 Å². The normalized spacial score (nSPS) is 17.8. The Morgan fingerprint density at radius 2 is 2.23 bits per heavy atom. The Bertz CT molecular complexity index is 749. The summed E-state index contributed by atoms with van der Waals surface area (Å²) in [5.41, 5.74) is 0.501. The second kappa shape index (κ2) is 8.95. The summed E-state index contributed by atoms with van der Waals surface area (Å²) in [4.78, 5) is 31.0. The van der Waals surface area contributed by atoms with Crippen LogP contribution in [0.5, 0.6) is 0 Å². The second-order valence-electron chi connectivity index (χ2n) is 6.45. The predicted octanol–water partition coefficient (Wildman–Crippen LogP) is 2.42. The minimum atomic E-state index is -0.116. The lowest BCUT2D eigenvalue weighted by molar-refractivity contribution is -0.117. The van der Waals surface area contributed by atoms with Crippen LogP contribution in [0.1, 0.15) is 41.7 Å². The smallest absolute Gasteiger partial charge is 0.240 e. The zero-order chi connectivity index (χ0) is 18.4. The van der Waals surface area contributed by atoms with Crippen molar-refractivity contribution < 1.29 is 9.59 Å². The summed E-state index contributed by atoms with van der Waals surface area (Å²) in [6, 6.07) is 5.37. The number of pyridine rings is 1. The van der Waals surface area contributed by atoms with Gasteiger partial charge in [-0.3, -0.25) is 24.8 Å². The van der Waals surface area contributed by atoms with Crippen LogP contribution in [0.2, 0.25) is 0 Å². The van der Waals surface area contributed by atoms with Crippen molar-refractivity contribution in [3.8, 4) is 0 Å². The molecule has 138 valence electrons. The van der Waals surface area contributed by atoms with E-state index in [0.29, 0.717) is 17.4 Å². The first-order valence-electron chi connectivity index (χ1n) is 8.95. The van der Waals surface area contributed by atoms with E-state index in [1.807, 2.05) is 11.0 Å². The highest BCUT2D eigenvalue weighted by Gasteiger charge is 2.28. The molecular weight excluding hydrogens is 350 g/mol. The van der Waals surface area contributed by atoms with E-state index in [-0.39, 0.29) is 24.2 Å². The highest BCUT2D eigenvalue weighted by molar-refractivity contribution is 7.15. The molecule has 0 saturated carbocycles. The molecule has 1 saturated heterocycles. The molecule has 2 aromatic heterocycles. The summed E-state index contributed by atoms with van der Waals surface area (Å²) in [6.45, 7) is 3.74. The van der Waals surface area contributed by atoms with Gasteiger partial charge in [0.1, 0.15) is 10.7 Å². The van der Waals surface area contributed by atoms with Crippen molar-refractivity contribution in [2.24, 2.45) is 5.92 Å². The van der Waals surface area contributed by atoms with Crippen LogP contribution in [0.15, 0.2) is 24.4 Å². The molecule has 3 rings (SSSR count). The average Bonchev–Trinajstić information content (AvgIpc) is 3.09. The molecule has 7 nitrogen and oxygen atoms in total. The number of likely N-dealkylation sites (tertiary alicyclic amines) is 1. The molecule has 0 radical (unpaired) electrons. The standard InChI is InChI=1S/C18H23N5O2S/c1-2-6-16-21-22-18(26-16)20-15(24)12-23-10-5-7-13(11-23)17(25)14-8-3-4-9-19-14/h3-4,8-9,13H,2,5-7,10-12H2,1H3,(H,20,22,24)/t13-/m0/s1. The maximum absolute atomic E-state index is 12.6. The molecule has 0 bridgehead atoms. The molecule has 0 spiro atoms. The third-order valence-electron chi connectivity index (χ3n) is 4.34. The number of anilines is 1. The predicted molar refractivity (Wildman–Crippen MR) is 100 cm³/mol. The Morgan fingerprint density at radius 1 is 1.35 bits per heavy atom. The molecule has 26 heavy (non-hydrogen) atoms. The van der Waals surface area contributed by atoms with Crippen molar-refractivity contribution in [2.45, 2.75) is 32.6 Å². The van der Waals surface area contributed by atoms with E-state index in [1.165, 1.54) is 11.3 Å². The minimum Gasteiger partial charge on any atom is -0.299 e. The maximum atomic E-state index is 12.6. The van der Waals surface area contributed by atoms with Crippen molar-refractivity contribution in [3.63, 3.8) is 0 Å². The molecule has 1 amide bonds. The monoisotopic (exact) mass is 373 g/mol. The SMILES string of the molecule is CCCc1nnc(NC(=O)CN2CCC[C@H](C(=O)c3ccccn3)C2)s1. The van der Waals surface area contributed by atoms with Crippen molar-refractivity contribution >= 4 is 28.2 Å². The summed E-state index contributed by atoms with van der Waals surface area (Å²) in [6.07, 6.45) is 5.25. The lowest BCUT2D eigenvalue weighted by atomic mass is 9.92. The molecule has 1 aliphatic heterocycles. The molecule has 1 aliphatic rings. The summed E-state index contributed by atoms with van der Waals surface area (Å²) in [5, 5.41) is 12.4. The van der Waals surface area contributed by atoms with Crippen molar-refractivity contribution in [2.75, 3.05) is 25.0 Å². The van der Waals surface area contributed by atoms with E-state index in [4.69, 9.17) is 0 Å². The molecular formula is C18H23N5O2S. The maximum Gasteiger partial charge on any atom is 0.240 e. The van der Waals surface area contributed by atoms with Gasteiger partial charge in [0, 0.05) is 25.1 Å². The molecule has 1 N–H and O–H groups in total. The van der Waals surface area contributed by atoms with E-state index >= 15 is 0 Å². The molecule has 0 aliphatic carbocycles. The topological polar surface area (TPSA) is 88.1 Å². The third kappa shape index (κ3) is 4.92. The van der Waals surface area contributed by atoms with E-state index in [1.54, 1.807) is 18.3 Å². The molecule has 3 heterocycles. The van der Waals surface area contributed by atoms with E-state index < -0.39 is 0 Å². The van der Waals surface area contributed by atoms with Crippen molar-refractivity contribution in [3.05, 3.63) is 35.1 Å². The number of nitrogens with one attached hydrogen (secondary N) is 1. The number of piperidine rings is 1. The second-order valence-corrected chi connectivity index (χ2v) is 7.51. The van der Waals surface area contributed by atoms with Gasteiger partial charge in [0.05, 0.1) is 6.54 Å². The largest absolute Gasteiger partial charge is 0.299 e. The van der Waals surface area contributed by atoms with Crippen molar-refractivity contribution in [1.29, 1.82) is 0 Å². The summed E-state index contributed by atoms with van der Waals surface area (Å²) >= 11 is 1.42. The molecule has 2 aromatic rings.